The molecule has 0 aromatic carbocycles. The van der Waals surface area contributed by atoms with Gasteiger partial charge in [-0.3, -0.25) is 0 Å². The summed E-state index contributed by atoms with van der Waals surface area (Å²) in [6, 6.07) is 0.598. The molecule has 0 aromatic rings. The van der Waals surface area contributed by atoms with Gasteiger partial charge in [0.15, 0.2) is 0 Å². The average molecular weight is 185 g/mol. The zero-order chi connectivity index (χ0) is 9.68. The summed E-state index contributed by atoms with van der Waals surface area (Å²) in [4.78, 5) is 0. The summed E-state index contributed by atoms with van der Waals surface area (Å²) in [6.07, 6.45) is 6.02. The Bertz CT molecular complexity index is 134. The Morgan fingerprint density at radius 1 is 1.31 bits per heavy atom. The number of likely N-dealkylation sites (N-methyl/N-ethyl adjacent to an activating group) is 1. The van der Waals surface area contributed by atoms with E-state index in [0.29, 0.717) is 18.2 Å². The van der Waals surface area contributed by atoms with Crippen LogP contribution in [0.3, 0.4) is 0 Å². The van der Waals surface area contributed by atoms with Crippen LogP contribution in [0.25, 0.3) is 0 Å². The number of rotatable bonds is 4. The molecule has 0 amide bonds. The summed E-state index contributed by atoms with van der Waals surface area (Å²) >= 11 is 0. The fraction of sp³-hybridized carbons (Fsp3) is 1.00. The number of hydrogen-bond acceptors (Lipinski definition) is 2. The van der Waals surface area contributed by atoms with Gasteiger partial charge in [0.25, 0.3) is 0 Å². The summed E-state index contributed by atoms with van der Waals surface area (Å²) in [5.74, 6) is 0. The van der Waals surface area contributed by atoms with Crippen LogP contribution in [0.4, 0.5) is 0 Å². The first-order valence-electron chi connectivity index (χ1n) is 5.63. The van der Waals surface area contributed by atoms with Crippen molar-refractivity contribution < 1.29 is 4.74 Å². The largest absolute Gasteiger partial charge is 0.374 e. The second kappa shape index (κ2) is 5.61. The van der Waals surface area contributed by atoms with Gasteiger partial charge in [0, 0.05) is 6.04 Å². The maximum Gasteiger partial charge on any atom is 0.0731 e. The number of hydrogen-bond donors (Lipinski definition) is 1. The van der Waals surface area contributed by atoms with E-state index in [4.69, 9.17) is 4.74 Å². The van der Waals surface area contributed by atoms with Crippen molar-refractivity contribution in [1.29, 1.82) is 0 Å². The molecular weight excluding hydrogens is 162 g/mol. The Labute approximate surface area is 82.0 Å². The molecule has 0 saturated heterocycles. The lowest BCUT2D eigenvalue weighted by Gasteiger charge is -2.33. The lowest BCUT2D eigenvalue weighted by Crippen LogP contribution is -2.44. The maximum absolute atomic E-state index is 5.89. The molecular formula is C11H23NO. The van der Waals surface area contributed by atoms with Gasteiger partial charge in [-0.05, 0) is 33.2 Å². The minimum absolute atomic E-state index is 0.365. The van der Waals surface area contributed by atoms with E-state index in [1.165, 1.54) is 25.7 Å². The van der Waals surface area contributed by atoms with Crippen LogP contribution in [-0.2, 0) is 4.74 Å². The highest BCUT2D eigenvalue weighted by Gasteiger charge is 2.25. The normalized spacial score (nSPS) is 29.5. The van der Waals surface area contributed by atoms with Crippen molar-refractivity contribution in [3.63, 3.8) is 0 Å². The third-order valence-electron chi connectivity index (χ3n) is 2.62. The van der Waals surface area contributed by atoms with Crippen molar-refractivity contribution in [1.82, 2.24) is 5.32 Å². The van der Waals surface area contributed by atoms with Crippen molar-refractivity contribution in [3.05, 3.63) is 0 Å². The highest BCUT2D eigenvalue weighted by atomic mass is 16.5. The van der Waals surface area contributed by atoms with E-state index >= 15 is 0 Å². The van der Waals surface area contributed by atoms with Gasteiger partial charge in [0.2, 0.25) is 0 Å². The molecule has 0 unspecified atom stereocenters. The molecule has 78 valence electrons. The lowest BCUT2D eigenvalue weighted by molar-refractivity contribution is -0.0304. The molecule has 0 aliphatic heterocycles. The van der Waals surface area contributed by atoms with Crippen molar-refractivity contribution in [2.24, 2.45) is 0 Å². The highest BCUT2D eigenvalue weighted by Crippen LogP contribution is 2.22. The highest BCUT2D eigenvalue weighted by molar-refractivity contribution is 4.81. The van der Waals surface area contributed by atoms with Crippen LogP contribution in [0.1, 0.15) is 46.5 Å². The average Bonchev–Trinajstić information content (AvgIpc) is 2.08. The van der Waals surface area contributed by atoms with Crippen LogP contribution in [0.2, 0.25) is 0 Å². The van der Waals surface area contributed by atoms with Gasteiger partial charge in [0.05, 0.1) is 12.2 Å². The quantitative estimate of drug-likeness (QED) is 0.726. The molecule has 2 atom stereocenters. The van der Waals surface area contributed by atoms with Crippen LogP contribution < -0.4 is 5.32 Å². The Balaban J connectivity index is 2.36. The van der Waals surface area contributed by atoms with Crippen LogP contribution in [0.15, 0.2) is 0 Å². The van der Waals surface area contributed by atoms with Crippen LogP contribution in [0.5, 0.6) is 0 Å². The van der Waals surface area contributed by atoms with Crippen molar-refractivity contribution >= 4 is 0 Å². The molecule has 1 fully saturated rings. The monoisotopic (exact) mass is 185 g/mol. The van der Waals surface area contributed by atoms with Gasteiger partial charge in [-0.2, -0.15) is 0 Å². The van der Waals surface area contributed by atoms with Gasteiger partial charge < -0.3 is 10.1 Å². The molecule has 0 aromatic heterocycles. The van der Waals surface area contributed by atoms with E-state index in [1.54, 1.807) is 0 Å². The van der Waals surface area contributed by atoms with E-state index < -0.39 is 0 Å². The maximum atomic E-state index is 5.89. The molecule has 0 heterocycles. The second-order valence-corrected chi connectivity index (χ2v) is 4.17. The summed E-state index contributed by atoms with van der Waals surface area (Å²) < 4.78 is 5.89. The van der Waals surface area contributed by atoms with E-state index in [1.807, 2.05) is 0 Å². The Morgan fingerprint density at radius 3 is 2.62 bits per heavy atom. The SMILES string of the molecule is CCN[C@@H]1CCCC[C@H]1OC(C)C. The summed E-state index contributed by atoms with van der Waals surface area (Å²) in [6.45, 7) is 7.47. The Hall–Kier alpha value is -0.0800. The predicted octanol–water partition coefficient (Wildman–Crippen LogP) is 2.33. The van der Waals surface area contributed by atoms with Crippen molar-refractivity contribution in [2.75, 3.05) is 6.54 Å². The minimum atomic E-state index is 0.365. The second-order valence-electron chi connectivity index (χ2n) is 4.17. The lowest BCUT2D eigenvalue weighted by atomic mass is 9.92. The minimum Gasteiger partial charge on any atom is -0.374 e. The fourth-order valence-corrected chi connectivity index (χ4v) is 2.11. The molecule has 13 heavy (non-hydrogen) atoms. The van der Waals surface area contributed by atoms with E-state index in [-0.39, 0.29) is 0 Å². The standard InChI is InChI=1S/C11H23NO/c1-4-12-10-7-5-6-8-11(10)13-9(2)3/h9-12H,4-8H2,1-3H3/t10-,11-/m1/s1. The first-order chi connectivity index (χ1) is 6.24. The predicted molar refractivity (Wildman–Crippen MR) is 55.9 cm³/mol. The van der Waals surface area contributed by atoms with Gasteiger partial charge in [-0.15, -0.1) is 0 Å². The van der Waals surface area contributed by atoms with Crippen molar-refractivity contribution in [2.45, 2.75) is 64.7 Å². The van der Waals surface area contributed by atoms with Crippen LogP contribution in [0, 0.1) is 0 Å². The number of ether oxygens (including phenoxy) is 1. The molecule has 2 nitrogen and oxygen atoms in total. The topological polar surface area (TPSA) is 21.3 Å². The molecule has 1 aliphatic rings. The molecule has 1 N–H and O–H groups in total. The van der Waals surface area contributed by atoms with E-state index in [0.717, 1.165) is 6.54 Å². The Morgan fingerprint density at radius 2 is 2.00 bits per heavy atom. The molecule has 2 heteroatoms. The van der Waals surface area contributed by atoms with Gasteiger partial charge in [-0.1, -0.05) is 19.8 Å². The van der Waals surface area contributed by atoms with Gasteiger partial charge >= 0.3 is 0 Å². The Kier molecular flexibility index (Phi) is 4.74. The van der Waals surface area contributed by atoms with Crippen molar-refractivity contribution in [3.8, 4) is 0 Å². The molecule has 1 rings (SSSR count). The molecule has 1 aliphatic carbocycles. The summed E-state index contributed by atoms with van der Waals surface area (Å²) in [5.41, 5.74) is 0. The molecule has 0 radical (unpaired) electrons. The smallest absolute Gasteiger partial charge is 0.0731 e. The van der Waals surface area contributed by atoms with Crippen LogP contribution in [-0.4, -0.2) is 24.8 Å². The first-order valence-corrected chi connectivity index (χ1v) is 5.63. The first kappa shape index (κ1) is 11.0. The summed E-state index contributed by atoms with van der Waals surface area (Å²) in [5, 5.41) is 3.51. The van der Waals surface area contributed by atoms with E-state index in [9.17, 15) is 0 Å². The third-order valence-corrected chi connectivity index (χ3v) is 2.62. The zero-order valence-corrected chi connectivity index (χ0v) is 9.18. The van der Waals surface area contributed by atoms with Gasteiger partial charge in [-0.25, -0.2) is 0 Å². The molecule has 0 bridgehead atoms. The van der Waals surface area contributed by atoms with Gasteiger partial charge in [0.1, 0.15) is 0 Å². The summed E-state index contributed by atoms with van der Waals surface area (Å²) in [7, 11) is 0. The molecule has 0 spiro atoms. The van der Waals surface area contributed by atoms with Crippen LogP contribution >= 0.6 is 0 Å². The third kappa shape index (κ3) is 3.65. The van der Waals surface area contributed by atoms with E-state index in [2.05, 4.69) is 26.1 Å². The number of nitrogens with one attached hydrogen (secondary N) is 1. The fourth-order valence-electron chi connectivity index (χ4n) is 2.11. The molecule has 1 saturated carbocycles. The zero-order valence-electron chi connectivity index (χ0n) is 9.18.